The molecule has 0 amide bonds. The summed E-state index contributed by atoms with van der Waals surface area (Å²) in [6, 6.07) is 7.98. The molecule has 0 bridgehead atoms. The van der Waals surface area contributed by atoms with Gasteiger partial charge in [0.25, 0.3) is 0 Å². The summed E-state index contributed by atoms with van der Waals surface area (Å²) in [6.45, 7) is 6.92. The molecule has 0 aliphatic carbocycles. The van der Waals surface area contributed by atoms with E-state index in [1.54, 1.807) is 13.0 Å². The zero-order chi connectivity index (χ0) is 17.5. The highest BCUT2D eigenvalue weighted by atomic mass is 35.5. The van der Waals surface area contributed by atoms with Gasteiger partial charge in [0.1, 0.15) is 11.0 Å². The average molecular weight is 366 g/mol. The first-order valence-corrected chi connectivity index (χ1v) is 8.97. The van der Waals surface area contributed by atoms with Crippen molar-refractivity contribution in [2.75, 3.05) is 17.7 Å². The molecule has 1 heterocycles. The molecule has 0 aliphatic rings. The van der Waals surface area contributed by atoms with Crippen LogP contribution in [0, 0.1) is 13.8 Å². The molecule has 2 aromatic rings. The lowest BCUT2D eigenvalue weighted by Crippen LogP contribution is -2.08. The summed E-state index contributed by atoms with van der Waals surface area (Å²) in [6.07, 6.45) is 0. The van der Waals surface area contributed by atoms with E-state index in [1.807, 2.05) is 0 Å². The van der Waals surface area contributed by atoms with E-state index >= 15 is 0 Å². The molecule has 0 radical (unpaired) electrons. The van der Waals surface area contributed by atoms with Gasteiger partial charge >= 0.3 is 5.97 Å². The van der Waals surface area contributed by atoms with Crippen molar-refractivity contribution in [1.82, 2.24) is 9.97 Å². The van der Waals surface area contributed by atoms with Crippen LogP contribution < -0.4 is 5.32 Å². The fourth-order valence-electron chi connectivity index (χ4n) is 2.11. The van der Waals surface area contributed by atoms with E-state index in [2.05, 4.69) is 47.3 Å². The van der Waals surface area contributed by atoms with Gasteiger partial charge in [-0.15, -0.1) is 0 Å². The van der Waals surface area contributed by atoms with Gasteiger partial charge in [-0.25, -0.2) is 9.97 Å². The van der Waals surface area contributed by atoms with Crippen LogP contribution >= 0.6 is 23.4 Å². The Morgan fingerprint density at radius 1 is 1.29 bits per heavy atom. The minimum atomic E-state index is -0.295. The van der Waals surface area contributed by atoms with Crippen LogP contribution in [0.4, 0.5) is 5.82 Å². The van der Waals surface area contributed by atoms with Crippen LogP contribution in [-0.2, 0) is 16.1 Å². The van der Waals surface area contributed by atoms with Crippen LogP contribution in [0.1, 0.15) is 23.6 Å². The number of hydrogen-bond acceptors (Lipinski definition) is 6. The van der Waals surface area contributed by atoms with Crippen LogP contribution in [0.25, 0.3) is 0 Å². The van der Waals surface area contributed by atoms with Crippen molar-refractivity contribution >= 4 is 35.1 Å². The molecule has 5 nitrogen and oxygen atoms in total. The number of benzene rings is 1. The second-order valence-corrected chi connectivity index (χ2v) is 6.57. The Morgan fingerprint density at radius 2 is 2.08 bits per heavy atom. The quantitative estimate of drug-likeness (QED) is 0.346. The Bertz CT molecular complexity index is 725. The topological polar surface area (TPSA) is 64.1 Å². The predicted molar refractivity (Wildman–Crippen MR) is 97.6 cm³/mol. The number of carbonyl (C=O) groups excluding carboxylic acids is 1. The minimum absolute atomic E-state index is 0.157. The lowest BCUT2D eigenvalue weighted by Gasteiger charge is -2.10. The second kappa shape index (κ2) is 8.89. The summed E-state index contributed by atoms with van der Waals surface area (Å²) in [4.78, 5) is 19.9. The number of ether oxygens (including phenoxy) is 1. The maximum Gasteiger partial charge on any atom is 0.316 e. The number of esters is 1. The number of nitrogens with zero attached hydrogens (tertiary/aromatic N) is 2. The van der Waals surface area contributed by atoms with Gasteiger partial charge < -0.3 is 10.1 Å². The predicted octanol–water partition coefficient (Wildman–Crippen LogP) is 4.01. The van der Waals surface area contributed by atoms with Crippen LogP contribution in [-0.4, -0.2) is 28.3 Å². The number of hydrogen-bond donors (Lipinski definition) is 1. The summed E-state index contributed by atoms with van der Waals surface area (Å²) in [5.41, 5.74) is 3.65. The van der Waals surface area contributed by atoms with Crippen LogP contribution in [0.15, 0.2) is 29.4 Å². The summed E-state index contributed by atoms with van der Waals surface area (Å²) >= 11 is 7.24. The maximum absolute atomic E-state index is 11.4. The molecule has 0 atom stereocenters. The molecule has 0 aliphatic heterocycles. The largest absolute Gasteiger partial charge is 0.465 e. The van der Waals surface area contributed by atoms with E-state index in [-0.39, 0.29) is 11.7 Å². The Hall–Kier alpha value is -1.79. The number of nitrogens with one attached hydrogen (secondary N) is 1. The molecular weight excluding hydrogens is 346 g/mol. The highest BCUT2D eigenvalue weighted by molar-refractivity contribution is 7.99. The fraction of sp³-hybridized carbons (Fsp3) is 0.353. The summed E-state index contributed by atoms with van der Waals surface area (Å²) in [7, 11) is 0. The van der Waals surface area contributed by atoms with E-state index in [0.29, 0.717) is 29.3 Å². The molecule has 0 saturated carbocycles. The number of carbonyl (C=O) groups is 1. The van der Waals surface area contributed by atoms with Crippen molar-refractivity contribution in [3.8, 4) is 0 Å². The molecular formula is C17H20ClN3O2S. The molecule has 128 valence electrons. The van der Waals surface area contributed by atoms with E-state index in [1.165, 1.54) is 28.5 Å². The smallest absolute Gasteiger partial charge is 0.316 e. The first-order valence-electron chi connectivity index (χ1n) is 7.61. The molecule has 0 unspecified atom stereocenters. The molecule has 1 aromatic carbocycles. The van der Waals surface area contributed by atoms with Gasteiger partial charge in [0.2, 0.25) is 0 Å². The summed E-state index contributed by atoms with van der Waals surface area (Å²) in [5.74, 6) is 0.488. The van der Waals surface area contributed by atoms with Crippen LogP contribution in [0.5, 0.6) is 0 Å². The van der Waals surface area contributed by atoms with Crippen molar-refractivity contribution < 1.29 is 9.53 Å². The third kappa shape index (κ3) is 5.69. The average Bonchev–Trinajstić information content (AvgIpc) is 2.52. The zero-order valence-electron chi connectivity index (χ0n) is 13.9. The zero-order valence-corrected chi connectivity index (χ0v) is 15.5. The number of halogens is 1. The van der Waals surface area contributed by atoms with Gasteiger partial charge in [0.15, 0.2) is 5.16 Å². The number of rotatable bonds is 7. The van der Waals surface area contributed by atoms with Crippen molar-refractivity contribution in [3.63, 3.8) is 0 Å². The molecule has 1 aromatic heterocycles. The lowest BCUT2D eigenvalue weighted by atomic mass is 10.1. The van der Waals surface area contributed by atoms with Crippen molar-refractivity contribution in [2.45, 2.75) is 32.5 Å². The van der Waals surface area contributed by atoms with E-state index in [0.717, 1.165) is 0 Å². The Labute approximate surface area is 151 Å². The SMILES string of the molecule is CCOC(=O)CSc1nc(Cl)cc(NCc2ccc(C)cc2C)n1. The summed E-state index contributed by atoms with van der Waals surface area (Å²) in [5, 5.41) is 4.03. The van der Waals surface area contributed by atoms with Gasteiger partial charge in [-0.3, -0.25) is 4.79 Å². The van der Waals surface area contributed by atoms with E-state index < -0.39 is 0 Å². The number of anilines is 1. The Morgan fingerprint density at radius 3 is 2.79 bits per heavy atom. The Kier molecular flexibility index (Phi) is 6.87. The normalized spacial score (nSPS) is 10.5. The van der Waals surface area contributed by atoms with Crippen LogP contribution in [0.2, 0.25) is 5.15 Å². The third-order valence-corrected chi connectivity index (χ3v) is 4.27. The summed E-state index contributed by atoms with van der Waals surface area (Å²) < 4.78 is 4.89. The molecule has 0 saturated heterocycles. The van der Waals surface area contributed by atoms with Crippen molar-refractivity contribution in [2.24, 2.45) is 0 Å². The van der Waals surface area contributed by atoms with Gasteiger partial charge in [0.05, 0.1) is 12.4 Å². The second-order valence-electron chi connectivity index (χ2n) is 5.24. The van der Waals surface area contributed by atoms with E-state index in [4.69, 9.17) is 16.3 Å². The molecule has 7 heteroatoms. The van der Waals surface area contributed by atoms with Gasteiger partial charge in [0, 0.05) is 12.6 Å². The van der Waals surface area contributed by atoms with Gasteiger partial charge in [-0.05, 0) is 31.9 Å². The fourth-order valence-corrected chi connectivity index (χ4v) is 3.00. The molecule has 2 rings (SSSR count). The molecule has 24 heavy (non-hydrogen) atoms. The first kappa shape index (κ1) is 18.5. The number of thioether (sulfide) groups is 1. The minimum Gasteiger partial charge on any atom is -0.465 e. The van der Waals surface area contributed by atoms with Gasteiger partial charge in [-0.1, -0.05) is 47.1 Å². The van der Waals surface area contributed by atoms with Crippen molar-refractivity contribution in [1.29, 1.82) is 0 Å². The highest BCUT2D eigenvalue weighted by Gasteiger charge is 2.08. The maximum atomic E-state index is 11.4. The van der Waals surface area contributed by atoms with Crippen molar-refractivity contribution in [3.05, 3.63) is 46.1 Å². The number of aryl methyl sites for hydroxylation is 2. The third-order valence-electron chi connectivity index (χ3n) is 3.26. The molecule has 1 N–H and O–H groups in total. The number of aromatic nitrogens is 2. The van der Waals surface area contributed by atoms with E-state index in [9.17, 15) is 4.79 Å². The van der Waals surface area contributed by atoms with Crippen LogP contribution in [0.3, 0.4) is 0 Å². The Balaban J connectivity index is 2.01. The standard InChI is InChI=1S/C17H20ClN3O2S/c1-4-23-16(22)10-24-17-20-14(18)8-15(21-17)19-9-13-6-5-11(2)7-12(13)3/h5-8H,4,9-10H2,1-3H3,(H,19,20,21). The molecule has 0 fully saturated rings. The monoisotopic (exact) mass is 365 g/mol. The van der Waals surface area contributed by atoms with Gasteiger partial charge in [-0.2, -0.15) is 0 Å². The highest BCUT2D eigenvalue weighted by Crippen LogP contribution is 2.20. The molecule has 0 spiro atoms. The lowest BCUT2D eigenvalue weighted by molar-refractivity contribution is -0.139. The first-order chi connectivity index (χ1) is 11.5.